The Balaban J connectivity index is 1.82. The van der Waals surface area contributed by atoms with E-state index in [2.05, 4.69) is 20.1 Å². The lowest BCUT2D eigenvalue weighted by Crippen LogP contribution is -2.38. The molecule has 10 nitrogen and oxygen atoms in total. The minimum absolute atomic E-state index is 0.0339. The van der Waals surface area contributed by atoms with E-state index in [1.165, 1.54) is 42.5 Å². The molecular formula is C23H24ClF3N6O4S. The van der Waals surface area contributed by atoms with Gasteiger partial charge in [0.1, 0.15) is 0 Å². The topological polar surface area (TPSA) is 118 Å². The molecule has 1 aromatic heterocycles. The number of halogens is 4. The van der Waals surface area contributed by atoms with Crippen LogP contribution in [0.2, 0.25) is 5.02 Å². The number of sulfonamides is 1. The van der Waals surface area contributed by atoms with Crippen molar-refractivity contribution >= 4 is 45.1 Å². The Morgan fingerprint density at radius 3 is 2.29 bits per heavy atom. The average molecular weight is 573 g/mol. The number of hydrogen-bond donors (Lipinski definition) is 2. The molecule has 15 heteroatoms. The number of nitrogens with one attached hydrogen (secondary N) is 2. The third kappa shape index (κ3) is 7.61. The highest BCUT2D eigenvalue weighted by Gasteiger charge is 2.40. The molecule has 38 heavy (non-hydrogen) atoms. The number of anilines is 2. The third-order valence-corrected chi connectivity index (χ3v) is 5.76. The van der Waals surface area contributed by atoms with Gasteiger partial charge in [-0.05, 0) is 56.3 Å². The summed E-state index contributed by atoms with van der Waals surface area (Å²) in [5.74, 6) is -0.771. The summed E-state index contributed by atoms with van der Waals surface area (Å²) in [4.78, 5) is 14.1. The summed E-state index contributed by atoms with van der Waals surface area (Å²) in [6, 6.07) is 11.4. The number of carbonyl (C=O) groups is 1. The number of ether oxygens (including phenoxy) is 1. The van der Waals surface area contributed by atoms with Crippen molar-refractivity contribution in [3.63, 3.8) is 0 Å². The van der Waals surface area contributed by atoms with E-state index in [1.807, 2.05) is 13.8 Å². The van der Waals surface area contributed by atoms with E-state index >= 15 is 0 Å². The smallest absolute Gasteiger partial charge is 0.406 e. The lowest BCUT2D eigenvalue weighted by Gasteiger charge is -2.25. The maximum Gasteiger partial charge on any atom is 0.437 e. The second-order valence-corrected chi connectivity index (χ2v) is 10.4. The molecule has 0 saturated carbocycles. The fraction of sp³-hybridized carbons (Fsp3) is 0.261. The average Bonchev–Trinajstić information content (AvgIpc) is 3.21. The van der Waals surface area contributed by atoms with Gasteiger partial charge in [0.25, 0.3) is 10.0 Å². The first-order valence-corrected chi connectivity index (χ1v) is 13.2. The summed E-state index contributed by atoms with van der Waals surface area (Å²) in [7, 11) is -2.09. The molecule has 0 unspecified atom stereocenters. The van der Waals surface area contributed by atoms with Gasteiger partial charge in [-0.15, -0.1) is 4.40 Å². The molecule has 3 rings (SSSR count). The monoisotopic (exact) mass is 572 g/mol. The van der Waals surface area contributed by atoms with Gasteiger partial charge in [0.05, 0.1) is 18.1 Å². The molecule has 1 heterocycles. The van der Waals surface area contributed by atoms with Crippen LogP contribution >= 0.6 is 11.6 Å². The van der Waals surface area contributed by atoms with Crippen LogP contribution in [0.25, 0.3) is 5.69 Å². The standard InChI is InChI=1S/C23H24ClF3N6O4S/c1-14(2)32(3)21(31-38(4,35)36)29-16-6-5-7-17(12-16)30-22(34)37-19-13-28-33(20(19)23(25,26)27)18-10-8-15(24)9-11-18/h5-14H,1-4H3,(H,29,31)(H,30,34). The summed E-state index contributed by atoms with van der Waals surface area (Å²) >= 11 is 5.81. The Bertz CT molecular complexity index is 1440. The van der Waals surface area contributed by atoms with Crippen LogP contribution in [0.1, 0.15) is 19.5 Å². The predicted octanol–water partition coefficient (Wildman–Crippen LogP) is 5.22. The van der Waals surface area contributed by atoms with Crippen LogP contribution in [0.4, 0.5) is 29.3 Å². The van der Waals surface area contributed by atoms with Gasteiger partial charge in [-0.25, -0.2) is 17.9 Å². The normalized spacial score (nSPS) is 12.4. The fourth-order valence-electron chi connectivity index (χ4n) is 3.07. The molecule has 204 valence electrons. The van der Waals surface area contributed by atoms with Crippen LogP contribution in [-0.2, 0) is 16.2 Å². The largest absolute Gasteiger partial charge is 0.437 e. The maximum absolute atomic E-state index is 13.8. The number of rotatable bonds is 6. The van der Waals surface area contributed by atoms with Crippen LogP contribution in [0.3, 0.4) is 0 Å². The number of aromatic nitrogens is 2. The molecule has 2 aromatic carbocycles. The van der Waals surface area contributed by atoms with Crippen molar-refractivity contribution in [1.29, 1.82) is 0 Å². The van der Waals surface area contributed by atoms with Gasteiger partial charge < -0.3 is 15.0 Å². The van der Waals surface area contributed by atoms with Crippen molar-refractivity contribution in [2.75, 3.05) is 23.9 Å². The number of nitrogens with zero attached hydrogens (tertiary/aromatic N) is 4. The molecule has 0 spiro atoms. The number of carbonyl (C=O) groups excluding carboxylic acids is 1. The number of amides is 1. The summed E-state index contributed by atoms with van der Waals surface area (Å²) in [5.41, 5.74) is -0.716. The predicted molar refractivity (Wildman–Crippen MR) is 138 cm³/mol. The SMILES string of the molecule is CC(C)N(C)C(=NS(C)(=O)=O)Nc1cccc(NC(=O)Oc2cnn(-c3ccc(Cl)cc3)c2C(F)(F)F)c1. The Morgan fingerprint density at radius 2 is 1.74 bits per heavy atom. The van der Waals surface area contributed by atoms with Crippen LogP contribution in [-0.4, -0.2) is 54.5 Å². The Morgan fingerprint density at radius 1 is 1.13 bits per heavy atom. The molecule has 3 aromatic rings. The van der Waals surface area contributed by atoms with E-state index in [9.17, 15) is 26.4 Å². The van der Waals surface area contributed by atoms with Crippen molar-refractivity contribution in [3.05, 3.63) is 65.4 Å². The van der Waals surface area contributed by atoms with Crippen molar-refractivity contribution in [2.45, 2.75) is 26.1 Å². The molecule has 0 aliphatic heterocycles. The van der Waals surface area contributed by atoms with Crippen molar-refractivity contribution in [2.24, 2.45) is 4.40 Å². The molecule has 0 radical (unpaired) electrons. The van der Waals surface area contributed by atoms with Crippen LogP contribution in [0.15, 0.2) is 59.1 Å². The lowest BCUT2D eigenvalue weighted by molar-refractivity contribution is -0.143. The van der Waals surface area contributed by atoms with E-state index < -0.39 is 33.7 Å². The Hall–Kier alpha value is -3.78. The molecule has 2 N–H and O–H groups in total. The molecule has 1 amide bonds. The van der Waals surface area contributed by atoms with Crippen LogP contribution < -0.4 is 15.4 Å². The maximum atomic E-state index is 13.8. The van der Waals surface area contributed by atoms with Crippen molar-refractivity contribution < 1.29 is 31.1 Å². The highest BCUT2D eigenvalue weighted by atomic mass is 35.5. The van der Waals surface area contributed by atoms with Gasteiger partial charge in [-0.3, -0.25) is 5.32 Å². The van der Waals surface area contributed by atoms with E-state index in [4.69, 9.17) is 16.3 Å². The van der Waals surface area contributed by atoms with Crippen molar-refractivity contribution in [3.8, 4) is 11.4 Å². The molecular weight excluding hydrogens is 549 g/mol. The van der Waals surface area contributed by atoms with Crippen LogP contribution in [0, 0.1) is 0 Å². The molecule has 0 fully saturated rings. The molecule has 0 saturated heterocycles. The van der Waals surface area contributed by atoms with E-state index in [0.29, 0.717) is 15.4 Å². The second-order valence-electron chi connectivity index (χ2n) is 8.32. The number of hydrogen-bond acceptors (Lipinski definition) is 5. The highest BCUT2D eigenvalue weighted by molar-refractivity contribution is 7.89. The quantitative estimate of drug-likeness (QED) is 0.307. The Labute approximate surface area is 222 Å². The fourth-order valence-corrected chi connectivity index (χ4v) is 3.68. The summed E-state index contributed by atoms with van der Waals surface area (Å²) in [5, 5.41) is 9.26. The van der Waals surface area contributed by atoms with Gasteiger partial charge in [-0.2, -0.15) is 18.3 Å². The number of benzene rings is 2. The van der Waals surface area contributed by atoms with E-state index in [1.54, 1.807) is 18.0 Å². The summed E-state index contributed by atoms with van der Waals surface area (Å²) in [6.07, 6.45) is -4.37. The zero-order valence-electron chi connectivity index (χ0n) is 20.6. The van der Waals surface area contributed by atoms with Gasteiger partial charge in [0.15, 0.2) is 11.4 Å². The van der Waals surface area contributed by atoms with E-state index in [0.717, 1.165) is 12.5 Å². The first-order valence-electron chi connectivity index (χ1n) is 10.9. The summed E-state index contributed by atoms with van der Waals surface area (Å²) < 4.78 is 74.2. The molecule has 0 atom stereocenters. The third-order valence-electron chi connectivity index (χ3n) is 5.00. The molecule has 0 bridgehead atoms. The van der Waals surface area contributed by atoms with Crippen molar-refractivity contribution in [1.82, 2.24) is 14.7 Å². The first kappa shape index (κ1) is 28.8. The van der Waals surface area contributed by atoms with E-state index in [-0.39, 0.29) is 23.4 Å². The number of guanidine groups is 1. The Kier molecular flexibility index (Phi) is 8.57. The lowest BCUT2D eigenvalue weighted by atomic mass is 10.2. The molecule has 0 aliphatic carbocycles. The minimum atomic E-state index is -4.90. The zero-order valence-corrected chi connectivity index (χ0v) is 22.2. The summed E-state index contributed by atoms with van der Waals surface area (Å²) in [6.45, 7) is 3.66. The van der Waals surface area contributed by atoms with Gasteiger partial charge >= 0.3 is 12.3 Å². The highest BCUT2D eigenvalue weighted by Crippen LogP contribution is 2.38. The van der Waals surface area contributed by atoms with Gasteiger partial charge in [0.2, 0.25) is 5.96 Å². The van der Waals surface area contributed by atoms with Gasteiger partial charge in [0, 0.05) is 29.5 Å². The zero-order chi connectivity index (χ0) is 28.3. The first-order chi connectivity index (χ1) is 17.6. The minimum Gasteiger partial charge on any atom is -0.406 e. The van der Waals surface area contributed by atoms with Gasteiger partial charge in [-0.1, -0.05) is 17.7 Å². The number of alkyl halides is 3. The molecule has 0 aliphatic rings. The second kappa shape index (κ2) is 11.3. The van der Waals surface area contributed by atoms with Crippen LogP contribution in [0.5, 0.6) is 5.75 Å².